The van der Waals surface area contributed by atoms with E-state index in [1.807, 2.05) is 17.9 Å². The molecular weight excluding hydrogens is 254 g/mol. The van der Waals surface area contributed by atoms with Crippen LogP contribution in [-0.4, -0.2) is 40.1 Å². The van der Waals surface area contributed by atoms with Crippen LogP contribution in [0.5, 0.6) is 0 Å². The Bertz CT molecular complexity index is 476. The average molecular weight is 277 g/mol. The summed E-state index contributed by atoms with van der Waals surface area (Å²) in [5.74, 6) is 0.438. The zero-order chi connectivity index (χ0) is 14.5. The van der Waals surface area contributed by atoms with E-state index < -0.39 is 0 Å². The summed E-state index contributed by atoms with van der Waals surface area (Å²) < 4.78 is 0. The predicted molar refractivity (Wildman–Crippen MR) is 78.4 cm³/mol. The van der Waals surface area contributed by atoms with E-state index in [4.69, 9.17) is 10.8 Å². The quantitative estimate of drug-likeness (QED) is 0.857. The molecule has 2 heterocycles. The van der Waals surface area contributed by atoms with Gasteiger partial charge in [-0.2, -0.15) is 0 Å². The maximum Gasteiger partial charge on any atom is 0.254 e. The Morgan fingerprint density at radius 2 is 2.35 bits per heavy atom. The number of aliphatic hydroxyl groups is 1. The maximum absolute atomic E-state index is 12.6. The molecule has 1 fully saturated rings. The number of aromatic nitrogens is 1. The number of carbonyl (C=O) groups is 1. The minimum Gasteiger partial charge on any atom is -0.396 e. The first-order chi connectivity index (χ1) is 9.65. The second kappa shape index (κ2) is 6.70. The number of pyridine rings is 1. The van der Waals surface area contributed by atoms with E-state index in [1.54, 1.807) is 6.07 Å². The van der Waals surface area contributed by atoms with Gasteiger partial charge < -0.3 is 15.7 Å². The molecule has 2 rings (SSSR count). The van der Waals surface area contributed by atoms with E-state index in [-0.39, 0.29) is 18.6 Å². The average Bonchev–Trinajstić information content (AvgIpc) is 2.91. The molecular formula is C15H23N3O2. The van der Waals surface area contributed by atoms with Gasteiger partial charge in [-0.05, 0) is 44.2 Å². The number of nitrogen functional groups attached to an aromatic ring is 1. The molecule has 1 aliphatic rings. The van der Waals surface area contributed by atoms with Crippen LogP contribution in [0.1, 0.15) is 48.7 Å². The van der Waals surface area contributed by atoms with Crippen molar-refractivity contribution in [2.45, 2.75) is 45.1 Å². The summed E-state index contributed by atoms with van der Waals surface area (Å²) in [5, 5.41) is 8.94. The lowest BCUT2D eigenvalue weighted by molar-refractivity contribution is 0.0724. The summed E-state index contributed by atoms with van der Waals surface area (Å²) in [6.07, 6.45) is 4.42. The van der Waals surface area contributed by atoms with Crippen molar-refractivity contribution in [3.63, 3.8) is 0 Å². The first-order valence-corrected chi connectivity index (χ1v) is 7.34. The smallest absolute Gasteiger partial charge is 0.254 e. The van der Waals surface area contributed by atoms with E-state index in [0.717, 1.165) is 44.3 Å². The third-order valence-electron chi connectivity index (χ3n) is 3.84. The van der Waals surface area contributed by atoms with E-state index in [2.05, 4.69) is 4.98 Å². The van der Waals surface area contributed by atoms with Crippen LogP contribution in [0.3, 0.4) is 0 Å². The van der Waals surface area contributed by atoms with Crippen molar-refractivity contribution in [3.05, 3.63) is 23.4 Å². The first kappa shape index (κ1) is 14.8. The third-order valence-corrected chi connectivity index (χ3v) is 3.84. The van der Waals surface area contributed by atoms with Crippen LogP contribution in [0.15, 0.2) is 12.1 Å². The summed E-state index contributed by atoms with van der Waals surface area (Å²) in [5.41, 5.74) is 7.25. The molecule has 3 N–H and O–H groups in total. The zero-order valence-corrected chi connectivity index (χ0v) is 12.0. The van der Waals surface area contributed by atoms with Gasteiger partial charge in [-0.1, -0.05) is 6.92 Å². The van der Waals surface area contributed by atoms with Crippen molar-refractivity contribution < 1.29 is 9.90 Å². The highest BCUT2D eigenvalue weighted by atomic mass is 16.3. The Balaban J connectivity index is 2.15. The molecule has 0 bridgehead atoms. The van der Waals surface area contributed by atoms with Gasteiger partial charge >= 0.3 is 0 Å². The lowest BCUT2D eigenvalue weighted by Gasteiger charge is -2.25. The van der Waals surface area contributed by atoms with Crippen molar-refractivity contribution in [1.29, 1.82) is 0 Å². The lowest BCUT2D eigenvalue weighted by atomic mass is 10.1. The highest BCUT2D eigenvalue weighted by molar-refractivity contribution is 5.95. The number of nitrogens with zero attached hydrogens (tertiary/aromatic N) is 2. The Labute approximate surface area is 119 Å². The molecule has 1 saturated heterocycles. The topological polar surface area (TPSA) is 79.5 Å². The van der Waals surface area contributed by atoms with Crippen molar-refractivity contribution in [1.82, 2.24) is 9.88 Å². The number of rotatable bonds is 5. The lowest BCUT2D eigenvalue weighted by Crippen LogP contribution is -2.35. The molecule has 0 aromatic carbocycles. The first-order valence-electron chi connectivity index (χ1n) is 7.34. The molecule has 5 heteroatoms. The van der Waals surface area contributed by atoms with Gasteiger partial charge in [0.2, 0.25) is 0 Å². The number of hydrogen-bond acceptors (Lipinski definition) is 4. The largest absolute Gasteiger partial charge is 0.396 e. The van der Waals surface area contributed by atoms with Crippen LogP contribution in [0.2, 0.25) is 0 Å². The SMILES string of the molecule is CCc1cc(C(=O)N2CCCC2CCCO)cc(N)n1. The van der Waals surface area contributed by atoms with Gasteiger partial charge in [0.1, 0.15) is 5.82 Å². The van der Waals surface area contributed by atoms with Gasteiger partial charge in [-0.25, -0.2) is 4.98 Å². The summed E-state index contributed by atoms with van der Waals surface area (Å²) in [6, 6.07) is 3.73. The molecule has 1 atom stereocenters. The summed E-state index contributed by atoms with van der Waals surface area (Å²) >= 11 is 0. The molecule has 0 radical (unpaired) electrons. The Morgan fingerprint density at radius 3 is 3.05 bits per heavy atom. The molecule has 0 spiro atoms. The van der Waals surface area contributed by atoms with Crippen LogP contribution in [0.4, 0.5) is 5.82 Å². The van der Waals surface area contributed by atoms with Crippen LogP contribution in [0, 0.1) is 0 Å². The van der Waals surface area contributed by atoms with Gasteiger partial charge in [-0.3, -0.25) is 4.79 Å². The molecule has 110 valence electrons. The van der Waals surface area contributed by atoms with E-state index in [9.17, 15) is 4.79 Å². The van der Waals surface area contributed by atoms with Crippen LogP contribution in [0.25, 0.3) is 0 Å². The molecule has 1 unspecified atom stereocenters. The fraction of sp³-hybridized carbons (Fsp3) is 0.600. The van der Waals surface area contributed by atoms with Crippen molar-refractivity contribution in [2.75, 3.05) is 18.9 Å². The van der Waals surface area contributed by atoms with Crippen molar-refractivity contribution in [2.24, 2.45) is 0 Å². The van der Waals surface area contributed by atoms with Gasteiger partial charge in [-0.15, -0.1) is 0 Å². The fourth-order valence-electron chi connectivity index (χ4n) is 2.81. The molecule has 1 aromatic rings. The number of likely N-dealkylation sites (tertiary alicyclic amines) is 1. The summed E-state index contributed by atoms with van der Waals surface area (Å²) in [4.78, 5) is 18.7. The summed E-state index contributed by atoms with van der Waals surface area (Å²) in [6.45, 7) is 2.97. The van der Waals surface area contributed by atoms with Gasteiger partial charge in [0.15, 0.2) is 0 Å². The van der Waals surface area contributed by atoms with Crippen LogP contribution >= 0.6 is 0 Å². The molecule has 5 nitrogen and oxygen atoms in total. The van der Waals surface area contributed by atoms with Crippen molar-refractivity contribution >= 4 is 11.7 Å². The third kappa shape index (κ3) is 3.28. The van der Waals surface area contributed by atoms with Gasteiger partial charge in [0.25, 0.3) is 5.91 Å². The Kier molecular flexibility index (Phi) is 4.95. The van der Waals surface area contributed by atoms with Crippen LogP contribution < -0.4 is 5.73 Å². The maximum atomic E-state index is 12.6. The zero-order valence-electron chi connectivity index (χ0n) is 12.0. The predicted octanol–water partition coefficient (Wildman–Crippen LogP) is 1.60. The van der Waals surface area contributed by atoms with E-state index in [0.29, 0.717) is 11.4 Å². The number of amides is 1. The minimum absolute atomic E-state index is 0.0363. The minimum atomic E-state index is 0.0363. The van der Waals surface area contributed by atoms with Crippen molar-refractivity contribution in [3.8, 4) is 0 Å². The number of aliphatic hydroxyl groups excluding tert-OH is 1. The van der Waals surface area contributed by atoms with Gasteiger partial charge in [0, 0.05) is 30.5 Å². The number of carbonyl (C=O) groups excluding carboxylic acids is 1. The summed E-state index contributed by atoms with van der Waals surface area (Å²) in [7, 11) is 0. The second-order valence-electron chi connectivity index (χ2n) is 5.29. The Hall–Kier alpha value is -1.62. The van der Waals surface area contributed by atoms with Crippen LogP contribution in [-0.2, 0) is 6.42 Å². The number of aryl methyl sites for hydroxylation is 1. The molecule has 1 aliphatic heterocycles. The molecule has 0 saturated carbocycles. The normalized spacial score (nSPS) is 18.5. The highest BCUT2D eigenvalue weighted by Gasteiger charge is 2.29. The molecule has 1 aromatic heterocycles. The number of nitrogens with two attached hydrogens (primary N) is 1. The fourth-order valence-corrected chi connectivity index (χ4v) is 2.81. The Morgan fingerprint density at radius 1 is 1.55 bits per heavy atom. The number of hydrogen-bond donors (Lipinski definition) is 2. The second-order valence-corrected chi connectivity index (χ2v) is 5.29. The molecule has 20 heavy (non-hydrogen) atoms. The van der Waals surface area contributed by atoms with E-state index in [1.165, 1.54) is 0 Å². The standard InChI is InChI=1S/C15H23N3O2/c1-2-12-9-11(10-14(16)17-12)15(20)18-7-3-5-13(18)6-4-8-19/h9-10,13,19H,2-8H2,1H3,(H2,16,17). The highest BCUT2D eigenvalue weighted by Crippen LogP contribution is 2.24. The molecule has 0 aliphatic carbocycles. The number of anilines is 1. The van der Waals surface area contributed by atoms with Gasteiger partial charge in [0.05, 0.1) is 0 Å². The monoisotopic (exact) mass is 277 g/mol. The van der Waals surface area contributed by atoms with E-state index >= 15 is 0 Å². The molecule has 1 amide bonds.